The number of carbonyl (C=O) groups is 1. The molecule has 2 aromatic rings. The van der Waals surface area contributed by atoms with Crippen molar-refractivity contribution in [3.05, 3.63) is 46.4 Å². The zero-order valence-corrected chi connectivity index (χ0v) is 16.9. The fraction of sp³-hybridized carbons (Fsp3) is 0.316. The van der Waals surface area contributed by atoms with Crippen LogP contribution in [0.2, 0.25) is 0 Å². The molecule has 6 nitrogen and oxygen atoms in total. The van der Waals surface area contributed by atoms with Crippen LogP contribution in [0.25, 0.3) is 0 Å². The number of carbonyl (C=O) groups excluding carboxylic acids is 1. The molecule has 1 N–H and O–H groups in total. The Balaban J connectivity index is 2.01. The van der Waals surface area contributed by atoms with E-state index in [1.54, 1.807) is 12.1 Å². The van der Waals surface area contributed by atoms with E-state index in [1.165, 1.54) is 21.3 Å². The SMILES string of the molecule is COc1cc(NC(=O)CN(C)Cc2ccc(Br)cc2)cc(OC)c1OC. The van der Waals surface area contributed by atoms with Gasteiger partial charge in [-0.1, -0.05) is 28.1 Å². The van der Waals surface area contributed by atoms with Crippen LogP contribution in [0.3, 0.4) is 0 Å². The second-order valence-corrected chi connectivity index (χ2v) is 6.68. The van der Waals surface area contributed by atoms with E-state index in [-0.39, 0.29) is 12.5 Å². The quantitative estimate of drug-likeness (QED) is 0.704. The van der Waals surface area contributed by atoms with Gasteiger partial charge in [0.25, 0.3) is 0 Å². The summed E-state index contributed by atoms with van der Waals surface area (Å²) in [5.74, 6) is 1.34. The molecule has 140 valence electrons. The predicted molar refractivity (Wildman–Crippen MR) is 105 cm³/mol. The second kappa shape index (κ2) is 9.45. The summed E-state index contributed by atoms with van der Waals surface area (Å²) < 4.78 is 16.9. The van der Waals surface area contributed by atoms with Crippen molar-refractivity contribution < 1.29 is 19.0 Å². The number of halogens is 1. The minimum atomic E-state index is -0.126. The Morgan fingerprint density at radius 1 is 1.04 bits per heavy atom. The van der Waals surface area contributed by atoms with Gasteiger partial charge in [-0.25, -0.2) is 0 Å². The van der Waals surface area contributed by atoms with Crippen LogP contribution in [0, 0.1) is 0 Å². The number of hydrogen-bond donors (Lipinski definition) is 1. The molecule has 0 aliphatic carbocycles. The maximum atomic E-state index is 12.3. The van der Waals surface area contributed by atoms with Crippen LogP contribution >= 0.6 is 15.9 Å². The van der Waals surface area contributed by atoms with Crippen LogP contribution in [0.15, 0.2) is 40.9 Å². The van der Waals surface area contributed by atoms with E-state index in [1.807, 2.05) is 36.2 Å². The Labute approximate surface area is 162 Å². The third-order valence-electron chi connectivity index (χ3n) is 3.73. The minimum absolute atomic E-state index is 0.126. The lowest BCUT2D eigenvalue weighted by Crippen LogP contribution is -2.29. The molecule has 0 radical (unpaired) electrons. The first kappa shape index (κ1) is 20.1. The summed E-state index contributed by atoms with van der Waals surface area (Å²) in [6.07, 6.45) is 0. The molecule has 26 heavy (non-hydrogen) atoms. The standard InChI is InChI=1S/C19H23BrN2O4/c1-22(11-13-5-7-14(20)8-6-13)12-18(23)21-15-9-16(24-2)19(26-4)17(10-15)25-3/h5-10H,11-12H2,1-4H3,(H,21,23). The highest BCUT2D eigenvalue weighted by Crippen LogP contribution is 2.39. The van der Waals surface area contributed by atoms with E-state index in [2.05, 4.69) is 21.2 Å². The first-order valence-electron chi connectivity index (χ1n) is 7.99. The zero-order chi connectivity index (χ0) is 19.1. The van der Waals surface area contributed by atoms with Crippen molar-refractivity contribution in [1.82, 2.24) is 4.90 Å². The highest BCUT2D eigenvalue weighted by Gasteiger charge is 2.15. The number of nitrogens with zero attached hydrogens (tertiary/aromatic N) is 1. The van der Waals surface area contributed by atoms with Gasteiger partial charge in [0.15, 0.2) is 11.5 Å². The number of methoxy groups -OCH3 is 3. The van der Waals surface area contributed by atoms with Gasteiger partial charge >= 0.3 is 0 Å². The lowest BCUT2D eigenvalue weighted by molar-refractivity contribution is -0.117. The first-order chi connectivity index (χ1) is 12.5. The summed E-state index contributed by atoms with van der Waals surface area (Å²) in [4.78, 5) is 14.3. The van der Waals surface area contributed by atoms with Gasteiger partial charge in [-0.15, -0.1) is 0 Å². The summed E-state index contributed by atoms with van der Waals surface area (Å²) in [5.41, 5.74) is 1.72. The summed E-state index contributed by atoms with van der Waals surface area (Å²) in [7, 11) is 6.51. The van der Waals surface area contributed by atoms with Crippen LogP contribution in [0.1, 0.15) is 5.56 Å². The van der Waals surface area contributed by atoms with E-state index in [4.69, 9.17) is 14.2 Å². The average Bonchev–Trinajstić information content (AvgIpc) is 2.62. The summed E-state index contributed by atoms with van der Waals surface area (Å²) in [6.45, 7) is 0.933. The van der Waals surface area contributed by atoms with Gasteiger partial charge in [-0.05, 0) is 24.7 Å². The Kier molecular flexibility index (Phi) is 7.29. The second-order valence-electron chi connectivity index (χ2n) is 5.76. The van der Waals surface area contributed by atoms with Crippen molar-refractivity contribution in [3.8, 4) is 17.2 Å². The molecular formula is C19H23BrN2O4. The molecule has 7 heteroatoms. The monoisotopic (exact) mass is 422 g/mol. The molecule has 0 saturated carbocycles. The number of hydrogen-bond acceptors (Lipinski definition) is 5. The fourth-order valence-corrected chi connectivity index (χ4v) is 2.82. The minimum Gasteiger partial charge on any atom is -0.493 e. The summed E-state index contributed by atoms with van der Waals surface area (Å²) in [6, 6.07) is 11.4. The summed E-state index contributed by atoms with van der Waals surface area (Å²) >= 11 is 3.42. The lowest BCUT2D eigenvalue weighted by atomic mass is 10.2. The number of amides is 1. The Bertz CT molecular complexity index is 725. The van der Waals surface area contributed by atoms with Crippen molar-refractivity contribution >= 4 is 27.5 Å². The molecule has 0 fully saturated rings. The Hall–Kier alpha value is -2.25. The molecular weight excluding hydrogens is 400 g/mol. The maximum absolute atomic E-state index is 12.3. The van der Waals surface area contributed by atoms with Gasteiger partial charge < -0.3 is 19.5 Å². The van der Waals surface area contributed by atoms with Crippen LogP contribution < -0.4 is 19.5 Å². The largest absolute Gasteiger partial charge is 0.493 e. The highest BCUT2D eigenvalue weighted by atomic mass is 79.9. The third-order valence-corrected chi connectivity index (χ3v) is 4.26. The number of benzene rings is 2. The maximum Gasteiger partial charge on any atom is 0.238 e. The molecule has 0 unspecified atom stereocenters. The molecule has 0 atom stereocenters. The topological polar surface area (TPSA) is 60.0 Å². The zero-order valence-electron chi connectivity index (χ0n) is 15.3. The van der Waals surface area contributed by atoms with Crippen LogP contribution in [0.4, 0.5) is 5.69 Å². The molecule has 0 heterocycles. The van der Waals surface area contributed by atoms with E-state index in [0.29, 0.717) is 29.5 Å². The van der Waals surface area contributed by atoms with E-state index >= 15 is 0 Å². The van der Waals surface area contributed by atoms with Crippen LogP contribution in [-0.4, -0.2) is 45.7 Å². The van der Waals surface area contributed by atoms with E-state index < -0.39 is 0 Å². The average molecular weight is 423 g/mol. The van der Waals surface area contributed by atoms with Gasteiger partial charge in [-0.3, -0.25) is 9.69 Å². The molecule has 2 rings (SSSR count). The van der Waals surface area contributed by atoms with Gasteiger partial charge in [0.05, 0.1) is 27.9 Å². The molecule has 0 aromatic heterocycles. The highest BCUT2D eigenvalue weighted by molar-refractivity contribution is 9.10. The van der Waals surface area contributed by atoms with Crippen molar-refractivity contribution in [2.45, 2.75) is 6.54 Å². The lowest BCUT2D eigenvalue weighted by Gasteiger charge is -2.18. The van der Waals surface area contributed by atoms with Crippen LogP contribution in [0.5, 0.6) is 17.2 Å². The number of anilines is 1. The van der Waals surface area contributed by atoms with Gasteiger partial charge in [-0.2, -0.15) is 0 Å². The summed E-state index contributed by atoms with van der Waals surface area (Å²) in [5, 5.41) is 2.86. The number of nitrogens with one attached hydrogen (secondary N) is 1. The predicted octanol–water partition coefficient (Wildman–Crippen LogP) is 3.55. The first-order valence-corrected chi connectivity index (χ1v) is 8.79. The van der Waals surface area contributed by atoms with Gasteiger partial charge in [0, 0.05) is 28.8 Å². The molecule has 0 saturated heterocycles. The molecule has 1 amide bonds. The van der Waals surface area contributed by atoms with Gasteiger partial charge in [0.2, 0.25) is 11.7 Å². The molecule has 0 aliphatic rings. The Morgan fingerprint density at radius 3 is 2.12 bits per heavy atom. The fourth-order valence-electron chi connectivity index (χ4n) is 2.56. The molecule has 0 aliphatic heterocycles. The molecule has 0 bridgehead atoms. The molecule has 0 spiro atoms. The number of rotatable bonds is 8. The van der Waals surface area contributed by atoms with Crippen molar-refractivity contribution in [3.63, 3.8) is 0 Å². The number of likely N-dealkylation sites (N-methyl/N-ethyl adjacent to an activating group) is 1. The third kappa shape index (κ3) is 5.37. The van der Waals surface area contributed by atoms with Crippen molar-refractivity contribution in [2.75, 3.05) is 40.2 Å². The normalized spacial score (nSPS) is 10.5. The number of ether oxygens (including phenoxy) is 3. The van der Waals surface area contributed by atoms with Crippen molar-refractivity contribution in [1.29, 1.82) is 0 Å². The smallest absolute Gasteiger partial charge is 0.238 e. The van der Waals surface area contributed by atoms with Gasteiger partial charge in [0.1, 0.15) is 0 Å². The van der Waals surface area contributed by atoms with Crippen molar-refractivity contribution in [2.24, 2.45) is 0 Å². The Morgan fingerprint density at radius 2 is 1.62 bits per heavy atom. The van der Waals surface area contributed by atoms with E-state index in [9.17, 15) is 4.79 Å². The van der Waals surface area contributed by atoms with E-state index in [0.717, 1.165) is 10.0 Å². The molecule has 2 aromatic carbocycles. The van der Waals surface area contributed by atoms with Crippen LogP contribution in [-0.2, 0) is 11.3 Å².